The predicted molar refractivity (Wildman–Crippen MR) is 212 cm³/mol. The molecule has 0 saturated carbocycles. The number of hydrogen-bond donors (Lipinski definition) is 4. The quantitative estimate of drug-likeness (QED) is 0.150. The second-order valence-electron chi connectivity index (χ2n) is 14.8. The molecule has 254 valence electrons. The molecule has 4 nitrogen and oxygen atoms in total. The fourth-order valence-corrected chi connectivity index (χ4v) is 8.79. The van der Waals surface area contributed by atoms with Gasteiger partial charge in [-0.3, -0.25) is 0 Å². The molecule has 1 aliphatic rings. The van der Waals surface area contributed by atoms with Gasteiger partial charge in [-0.15, -0.1) is 0 Å². The molecule has 0 aliphatic carbocycles. The van der Waals surface area contributed by atoms with E-state index in [2.05, 4.69) is 173 Å². The normalized spacial score (nSPS) is 12.8. The topological polar surface area (TPSA) is 63.2 Å². The van der Waals surface area contributed by atoms with Gasteiger partial charge in [0.2, 0.25) is 0 Å². The number of H-pyrrole nitrogens is 4. The molecule has 0 saturated heterocycles. The van der Waals surface area contributed by atoms with E-state index in [-0.39, 0.29) is 0 Å². The highest BCUT2D eigenvalue weighted by Gasteiger charge is 2.21. The Balaban J connectivity index is 1.54. The Hall–Kier alpha value is -5.74. The lowest BCUT2D eigenvalue weighted by atomic mass is 9.91. The monoisotopic (exact) mass is 666 g/mol. The highest BCUT2D eigenvalue weighted by molar-refractivity contribution is 5.86. The minimum atomic E-state index is 1.04. The van der Waals surface area contributed by atoms with Gasteiger partial charge in [0.25, 0.3) is 0 Å². The average molecular weight is 667 g/mol. The van der Waals surface area contributed by atoms with Gasteiger partial charge < -0.3 is 19.9 Å². The number of aryl methyl sites for hydroxylation is 9. The van der Waals surface area contributed by atoms with Crippen LogP contribution in [-0.2, 0) is 0 Å². The summed E-state index contributed by atoms with van der Waals surface area (Å²) in [5, 5.41) is 4.27. The zero-order valence-electron chi connectivity index (χ0n) is 31.2. The Kier molecular flexibility index (Phi) is 7.79. The van der Waals surface area contributed by atoms with Gasteiger partial charge in [0.15, 0.2) is 0 Å². The number of fused-ring (bicyclic) bond motifs is 8. The third-order valence-corrected chi connectivity index (χ3v) is 10.5. The van der Waals surface area contributed by atoms with Crippen molar-refractivity contribution < 1.29 is 0 Å². The van der Waals surface area contributed by atoms with Crippen molar-refractivity contribution in [2.75, 3.05) is 0 Å². The Morgan fingerprint density at radius 3 is 1.12 bits per heavy atom. The van der Waals surface area contributed by atoms with Crippen LogP contribution in [0.4, 0.5) is 0 Å². The van der Waals surface area contributed by atoms with Crippen LogP contribution < -0.4 is 21.4 Å². The number of benzene rings is 3. The fraction of sp³-hybridized carbons (Fsp3) is 0.191. The molecular weight excluding hydrogens is 621 g/mol. The van der Waals surface area contributed by atoms with Crippen LogP contribution in [0.3, 0.4) is 0 Å². The summed E-state index contributed by atoms with van der Waals surface area (Å²) in [4.78, 5) is 15.5. The van der Waals surface area contributed by atoms with Crippen molar-refractivity contribution in [2.45, 2.75) is 62.3 Å². The Labute approximate surface area is 300 Å². The van der Waals surface area contributed by atoms with Crippen molar-refractivity contribution >= 4 is 22.8 Å². The zero-order valence-corrected chi connectivity index (χ0v) is 31.2. The smallest absolute Gasteiger partial charge is 0.0486 e. The first kappa shape index (κ1) is 32.5. The van der Waals surface area contributed by atoms with E-state index in [1.165, 1.54) is 77.9 Å². The van der Waals surface area contributed by atoms with Crippen molar-refractivity contribution in [3.05, 3.63) is 196 Å². The zero-order chi connectivity index (χ0) is 35.7. The Morgan fingerprint density at radius 2 is 0.686 bits per heavy atom. The van der Waals surface area contributed by atoms with Gasteiger partial charge in [0.1, 0.15) is 0 Å². The molecule has 4 N–H and O–H groups in total. The maximum absolute atomic E-state index is 3.96. The highest BCUT2D eigenvalue weighted by Crippen LogP contribution is 2.33. The van der Waals surface area contributed by atoms with E-state index in [9.17, 15) is 0 Å². The summed E-state index contributed by atoms with van der Waals surface area (Å²) in [7, 11) is 0. The molecule has 0 spiro atoms. The largest absolute Gasteiger partial charge is 0.355 e. The number of rotatable bonds is 3. The van der Waals surface area contributed by atoms with Crippen molar-refractivity contribution in [1.82, 2.24) is 19.9 Å². The van der Waals surface area contributed by atoms with Gasteiger partial charge in [-0.05, 0) is 167 Å². The van der Waals surface area contributed by atoms with Crippen LogP contribution in [0.15, 0.2) is 84.9 Å². The number of hydrogen-bond acceptors (Lipinski definition) is 0. The maximum Gasteiger partial charge on any atom is 0.0486 e. The molecule has 51 heavy (non-hydrogen) atoms. The summed E-state index contributed by atoms with van der Waals surface area (Å²) in [6.45, 7) is 19.9. The summed E-state index contributed by atoms with van der Waals surface area (Å²) < 4.78 is 0. The SMILES string of the molecule is Cc1cc(C)c(C2=c3ccc([nH]3)=Cc3ccc([nH]3)C(c3c(C)cc(C)cc3C)=c3ccc([nH]3)=C(c3c(C)cc(C)cc3C)c3ccc2[nH]3)c(C)c1. The summed E-state index contributed by atoms with van der Waals surface area (Å²) in [6, 6.07) is 31.6. The minimum absolute atomic E-state index is 1.04. The average Bonchev–Trinajstić information content (AvgIpc) is 3.87. The van der Waals surface area contributed by atoms with Crippen LogP contribution in [0, 0.1) is 62.3 Å². The van der Waals surface area contributed by atoms with E-state index >= 15 is 0 Å². The van der Waals surface area contributed by atoms with Crippen LogP contribution in [0.25, 0.3) is 22.8 Å². The molecule has 3 aromatic carbocycles. The second-order valence-corrected chi connectivity index (χ2v) is 14.8. The van der Waals surface area contributed by atoms with Crippen molar-refractivity contribution in [1.29, 1.82) is 0 Å². The molecule has 0 atom stereocenters. The van der Waals surface area contributed by atoms with Crippen LogP contribution in [0.1, 0.15) is 89.5 Å². The van der Waals surface area contributed by atoms with E-state index in [1.807, 2.05) is 0 Å². The molecule has 0 radical (unpaired) electrons. The van der Waals surface area contributed by atoms with E-state index in [0.29, 0.717) is 0 Å². The molecule has 8 bridgehead atoms. The van der Waals surface area contributed by atoms with Crippen molar-refractivity contribution in [3.63, 3.8) is 0 Å². The Morgan fingerprint density at radius 1 is 0.333 bits per heavy atom. The van der Waals surface area contributed by atoms with E-state index < -0.39 is 0 Å². The molecule has 0 amide bonds. The number of aromatic nitrogens is 4. The first-order valence-corrected chi connectivity index (χ1v) is 17.9. The maximum atomic E-state index is 3.96. The fourth-order valence-electron chi connectivity index (χ4n) is 8.79. The summed E-state index contributed by atoms with van der Waals surface area (Å²) in [6.07, 6.45) is 2.20. The minimum Gasteiger partial charge on any atom is -0.355 e. The predicted octanol–water partition coefficient (Wildman–Crippen LogP) is 7.66. The molecule has 0 unspecified atom stereocenters. The molecule has 4 aromatic heterocycles. The van der Waals surface area contributed by atoms with Gasteiger partial charge in [-0.25, -0.2) is 0 Å². The number of aromatic amines is 4. The molecule has 1 aliphatic heterocycles. The molecule has 5 heterocycles. The number of nitrogens with one attached hydrogen (secondary N) is 4. The van der Waals surface area contributed by atoms with Gasteiger partial charge >= 0.3 is 0 Å². The van der Waals surface area contributed by atoms with Crippen molar-refractivity contribution in [2.24, 2.45) is 0 Å². The van der Waals surface area contributed by atoms with Gasteiger partial charge in [-0.2, -0.15) is 0 Å². The van der Waals surface area contributed by atoms with Crippen LogP contribution in [-0.4, -0.2) is 19.9 Å². The summed E-state index contributed by atoms with van der Waals surface area (Å²) >= 11 is 0. The van der Waals surface area contributed by atoms with E-state index in [0.717, 1.165) is 49.7 Å². The van der Waals surface area contributed by atoms with Crippen LogP contribution in [0.2, 0.25) is 0 Å². The molecule has 4 heteroatoms. The van der Waals surface area contributed by atoms with E-state index in [4.69, 9.17) is 0 Å². The molecular formula is C47H46N4. The van der Waals surface area contributed by atoms with E-state index in [1.54, 1.807) is 0 Å². The second kappa shape index (κ2) is 12.2. The van der Waals surface area contributed by atoms with Gasteiger partial charge in [0, 0.05) is 60.9 Å². The molecule has 7 aromatic rings. The third kappa shape index (κ3) is 5.65. The standard InChI is InChI=1S/C47H46N4/c1-25-18-28(4)42(29(5)19-25)45-36-12-10-34(48-36)24-35-11-13-37(49-35)46(43-30(6)20-26(2)21-31(43)7)39-15-17-41(51-39)47(40-16-14-38(45)50-40)44-32(8)22-27(3)23-33(44)9/h10-24,48-51H,1-9H3. The lowest BCUT2D eigenvalue weighted by Crippen LogP contribution is -2.19. The first-order valence-electron chi connectivity index (χ1n) is 17.9. The lowest BCUT2D eigenvalue weighted by Gasteiger charge is -2.16. The highest BCUT2D eigenvalue weighted by atomic mass is 14.8. The van der Waals surface area contributed by atoms with Crippen LogP contribution >= 0.6 is 0 Å². The molecule has 8 rings (SSSR count). The lowest BCUT2D eigenvalue weighted by molar-refractivity contribution is 1.17. The first-order chi connectivity index (χ1) is 24.4. The van der Waals surface area contributed by atoms with Gasteiger partial charge in [-0.1, -0.05) is 53.1 Å². The summed E-state index contributed by atoms with van der Waals surface area (Å²) in [5.74, 6) is 0. The third-order valence-electron chi connectivity index (χ3n) is 10.5. The van der Waals surface area contributed by atoms with Crippen molar-refractivity contribution in [3.8, 4) is 0 Å². The van der Waals surface area contributed by atoms with Gasteiger partial charge in [0.05, 0.1) is 0 Å². The molecule has 0 fully saturated rings. The Bertz CT molecular complexity index is 2720. The summed E-state index contributed by atoms with van der Waals surface area (Å²) in [5.41, 5.74) is 22.9. The van der Waals surface area contributed by atoms with Crippen LogP contribution in [0.5, 0.6) is 0 Å².